The Labute approximate surface area is 154 Å². The lowest BCUT2D eigenvalue weighted by Crippen LogP contribution is -2.02. The number of ether oxygens (including phenoxy) is 3. The van der Waals surface area contributed by atoms with E-state index in [2.05, 4.69) is 4.98 Å². The molecule has 6 heteroatoms. The van der Waals surface area contributed by atoms with Crippen molar-refractivity contribution in [3.8, 4) is 28.8 Å². The van der Waals surface area contributed by atoms with Crippen molar-refractivity contribution in [3.05, 3.63) is 58.8 Å². The third kappa shape index (κ3) is 2.75. The van der Waals surface area contributed by atoms with Gasteiger partial charge in [-0.3, -0.25) is 4.79 Å². The minimum Gasteiger partial charge on any atom is -0.496 e. The molecule has 0 unspecified atom stereocenters. The van der Waals surface area contributed by atoms with E-state index in [1.807, 2.05) is 12.1 Å². The van der Waals surface area contributed by atoms with Crippen LogP contribution in [0.4, 0.5) is 0 Å². The number of hydrogen-bond acceptors (Lipinski definition) is 6. The SMILES string of the molecule is COc1cccc(-c2cc(=O)c3ccc4c(OC)ccc(OC)c4c3o2)n1. The number of rotatable bonds is 4. The number of fused-ring (bicyclic) bond motifs is 3. The summed E-state index contributed by atoms with van der Waals surface area (Å²) in [6.45, 7) is 0. The van der Waals surface area contributed by atoms with Gasteiger partial charge in [0.15, 0.2) is 11.2 Å². The highest BCUT2D eigenvalue weighted by Crippen LogP contribution is 2.38. The highest BCUT2D eigenvalue weighted by molar-refractivity contribution is 6.09. The van der Waals surface area contributed by atoms with Gasteiger partial charge < -0.3 is 18.6 Å². The molecule has 0 amide bonds. The quantitative estimate of drug-likeness (QED) is 0.510. The fraction of sp³-hybridized carbons (Fsp3) is 0.143. The minimum atomic E-state index is -0.164. The largest absolute Gasteiger partial charge is 0.496 e. The molecule has 2 aromatic carbocycles. The van der Waals surface area contributed by atoms with Crippen LogP contribution in [0, 0.1) is 0 Å². The van der Waals surface area contributed by atoms with Crippen molar-refractivity contribution < 1.29 is 18.6 Å². The van der Waals surface area contributed by atoms with Crippen LogP contribution in [0.3, 0.4) is 0 Å². The monoisotopic (exact) mass is 363 g/mol. The van der Waals surface area contributed by atoms with E-state index in [1.54, 1.807) is 44.6 Å². The van der Waals surface area contributed by atoms with Crippen molar-refractivity contribution in [3.63, 3.8) is 0 Å². The van der Waals surface area contributed by atoms with Gasteiger partial charge >= 0.3 is 0 Å². The number of pyridine rings is 1. The summed E-state index contributed by atoms with van der Waals surface area (Å²) in [7, 11) is 4.71. The highest BCUT2D eigenvalue weighted by atomic mass is 16.5. The molecule has 0 saturated heterocycles. The predicted molar refractivity (Wildman–Crippen MR) is 103 cm³/mol. The number of nitrogens with zero attached hydrogens (tertiary/aromatic N) is 1. The second-order valence-electron chi connectivity index (χ2n) is 5.87. The summed E-state index contributed by atoms with van der Waals surface area (Å²) in [4.78, 5) is 17.1. The van der Waals surface area contributed by atoms with Gasteiger partial charge in [-0.05, 0) is 30.3 Å². The molecule has 2 heterocycles. The van der Waals surface area contributed by atoms with Gasteiger partial charge in [-0.25, -0.2) is 4.98 Å². The normalized spacial score (nSPS) is 10.9. The van der Waals surface area contributed by atoms with E-state index in [0.29, 0.717) is 45.2 Å². The zero-order valence-electron chi connectivity index (χ0n) is 15.1. The van der Waals surface area contributed by atoms with Gasteiger partial charge in [0.25, 0.3) is 0 Å². The average Bonchev–Trinajstić information content (AvgIpc) is 2.72. The van der Waals surface area contributed by atoms with Crippen LogP contribution >= 0.6 is 0 Å². The molecule has 136 valence electrons. The topological polar surface area (TPSA) is 70.8 Å². The van der Waals surface area contributed by atoms with E-state index >= 15 is 0 Å². The fourth-order valence-corrected chi connectivity index (χ4v) is 3.13. The fourth-order valence-electron chi connectivity index (χ4n) is 3.13. The van der Waals surface area contributed by atoms with Crippen molar-refractivity contribution in [2.45, 2.75) is 0 Å². The van der Waals surface area contributed by atoms with Crippen LogP contribution in [0.1, 0.15) is 0 Å². The maximum atomic E-state index is 12.7. The molecule has 0 aliphatic carbocycles. The Morgan fingerprint density at radius 3 is 2.33 bits per heavy atom. The summed E-state index contributed by atoms with van der Waals surface area (Å²) in [5, 5.41) is 1.93. The summed E-state index contributed by atoms with van der Waals surface area (Å²) in [5.74, 6) is 2.05. The van der Waals surface area contributed by atoms with Gasteiger partial charge in [-0.1, -0.05) is 6.07 Å². The van der Waals surface area contributed by atoms with Gasteiger partial charge in [-0.15, -0.1) is 0 Å². The molecule has 4 rings (SSSR count). The molecule has 0 aliphatic heterocycles. The zero-order chi connectivity index (χ0) is 19.0. The van der Waals surface area contributed by atoms with E-state index in [4.69, 9.17) is 18.6 Å². The number of methoxy groups -OCH3 is 3. The molecule has 0 fully saturated rings. The molecule has 0 radical (unpaired) electrons. The van der Waals surface area contributed by atoms with Gasteiger partial charge in [0, 0.05) is 17.5 Å². The first-order chi connectivity index (χ1) is 13.2. The summed E-state index contributed by atoms with van der Waals surface area (Å²) in [5.41, 5.74) is 0.769. The molecular formula is C21H17NO5. The Morgan fingerprint density at radius 1 is 0.852 bits per heavy atom. The summed E-state index contributed by atoms with van der Waals surface area (Å²) in [6.07, 6.45) is 0. The zero-order valence-corrected chi connectivity index (χ0v) is 15.1. The first-order valence-corrected chi connectivity index (χ1v) is 8.29. The molecule has 4 aromatic rings. The van der Waals surface area contributed by atoms with E-state index in [-0.39, 0.29) is 5.43 Å². The van der Waals surface area contributed by atoms with Gasteiger partial charge in [-0.2, -0.15) is 0 Å². The second-order valence-corrected chi connectivity index (χ2v) is 5.87. The summed E-state index contributed by atoms with van der Waals surface area (Å²) in [6, 6.07) is 13.9. The summed E-state index contributed by atoms with van der Waals surface area (Å²) < 4.78 is 22.2. The molecule has 2 aromatic heterocycles. The van der Waals surface area contributed by atoms with E-state index in [1.165, 1.54) is 13.2 Å². The van der Waals surface area contributed by atoms with Crippen LogP contribution in [-0.2, 0) is 0 Å². The van der Waals surface area contributed by atoms with Crippen molar-refractivity contribution in [1.82, 2.24) is 4.98 Å². The van der Waals surface area contributed by atoms with Gasteiger partial charge in [0.1, 0.15) is 22.8 Å². The van der Waals surface area contributed by atoms with Crippen LogP contribution in [0.15, 0.2) is 57.7 Å². The van der Waals surface area contributed by atoms with Crippen LogP contribution < -0.4 is 19.6 Å². The lowest BCUT2D eigenvalue weighted by Gasteiger charge is -2.12. The molecule has 6 nitrogen and oxygen atoms in total. The van der Waals surface area contributed by atoms with Crippen LogP contribution in [0.5, 0.6) is 17.4 Å². The van der Waals surface area contributed by atoms with Crippen molar-refractivity contribution >= 4 is 21.7 Å². The molecular weight excluding hydrogens is 346 g/mol. The first-order valence-electron chi connectivity index (χ1n) is 8.29. The van der Waals surface area contributed by atoms with Crippen molar-refractivity contribution in [2.24, 2.45) is 0 Å². The number of benzene rings is 2. The Balaban J connectivity index is 2.10. The number of aromatic nitrogens is 1. The lowest BCUT2D eigenvalue weighted by molar-refractivity contribution is 0.398. The van der Waals surface area contributed by atoms with E-state index < -0.39 is 0 Å². The lowest BCUT2D eigenvalue weighted by atomic mass is 10.0. The average molecular weight is 363 g/mol. The van der Waals surface area contributed by atoms with Gasteiger partial charge in [0.05, 0.1) is 32.1 Å². The smallest absolute Gasteiger partial charge is 0.213 e. The number of hydrogen-bond donors (Lipinski definition) is 0. The Morgan fingerprint density at radius 2 is 1.59 bits per heavy atom. The standard InChI is InChI=1S/C21H17NO5/c1-24-16-9-10-17(25-2)20-13(16)8-7-12-15(23)11-18(27-21(12)20)14-5-4-6-19(22-14)26-3/h4-11H,1-3H3. The molecule has 0 bridgehead atoms. The predicted octanol–water partition coefficient (Wildman–Crippen LogP) is 4.03. The summed E-state index contributed by atoms with van der Waals surface area (Å²) >= 11 is 0. The second kappa shape index (κ2) is 6.64. The molecule has 0 N–H and O–H groups in total. The van der Waals surface area contributed by atoms with Gasteiger partial charge in [0.2, 0.25) is 5.88 Å². The maximum absolute atomic E-state index is 12.7. The third-order valence-corrected chi connectivity index (χ3v) is 4.42. The van der Waals surface area contributed by atoms with Crippen LogP contribution in [0.25, 0.3) is 33.2 Å². The minimum absolute atomic E-state index is 0.164. The van der Waals surface area contributed by atoms with Crippen molar-refractivity contribution in [1.29, 1.82) is 0 Å². The first kappa shape index (κ1) is 16.9. The molecule has 0 saturated carbocycles. The highest BCUT2D eigenvalue weighted by Gasteiger charge is 2.16. The Bertz CT molecular complexity index is 1210. The Kier molecular flexibility index (Phi) is 4.16. The van der Waals surface area contributed by atoms with Crippen LogP contribution in [0.2, 0.25) is 0 Å². The van der Waals surface area contributed by atoms with E-state index in [9.17, 15) is 4.79 Å². The Hall–Kier alpha value is -3.54. The molecule has 0 atom stereocenters. The van der Waals surface area contributed by atoms with E-state index in [0.717, 1.165) is 5.39 Å². The molecule has 27 heavy (non-hydrogen) atoms. The third-order valence-electron chi connectivity index (χ3n) is 4.42. The molecule has 0 aliphatic rings. The maximum Gasteiger partial charge on any atom is 0.213 e. The van der Waals surface area contributed by atoms with Crippen LogP contribution in [-0.4, -0.2) is 26.3 Å². The van der Waals surface area contributed by atoms with Crippen molar-refractivity contribution in [2.75, 3.05) is 21.3 Å². The molecule has 0 spiro atoms.